The summed E-state index contributed by atoms with van der Waals surface area (Å²) in [5.41, 5.74) is 3.23. The average Bonchev–Trinajstić information content (AvgIpc) is 3.23. The zero-order valence-corrected chi connectivity index (χ0v) is 15.4. The Labute approximate surface area is 156 Å². The summed E-state index contributed by atoms with van der Waals surface area (Å²) in [6.45, 7) is 4.94. The second kappa shape index (κ2) is 7.99. The molecule has 0 bridgehead atoms. The zero-order chi connectivity index (χ0) is 17.8. The maximum Gasteiger partial charge on any atom is 0.226 e. The van der Waals surface area contributed by atoms with Crippen molar-refractivity contribution in [3.05, 3.63) is 58.9 Å². The molecule has 0 saturated carbocycles. The van der Waals surface area contributed by atoms with Crippen LogP contribution in [0, 0.1) is 0 Å². The molecule has 0 unspecified atom stereocenters. The van der Waals surface area contributed by atoms with E-state index in [1.54, 1.807) is 11.3 Å². The van der Waals surface area contributed by atoms with Crippen molar-refractivity contribution in [3.63, 3.8) is 0 Å². The van der Waals surface area contributed by atoms with E-state index < -0.39 is 0 Å². The van der Waals surface area contributed by atoms with Gasteiger partial charge in [-0.1, -0.05) is 24.3 Å². The lowest BCUT2D eigenvalue weighted by Crippen LogP contribution is -2.36. The van der Waals surface area contributed by atoms with E-state index in [0.29, 0.717) is 13.0 Å². The minimum Gasteiger partial charge on any atom is -0.379 e. The predicted octanol–water partition coefficient (Wildman–Crippen LogP) is 2.09. The molecule has 1 aliphatic heterocycles. The van der Waals surface area contributed by atoms with E-state index in [0.717, 1.165) is 49.1 Å². The smallest absolute Gasteiger partial charge is 0.226 e. The second-order valence-corrected chi connectivity index (χ2v) is 7.31. The second-order valence-electron chi connectivity index (χ2n) is 6.44. The maximum absolute atomic E-state index is 12.3. The number of carbonyl (C=O) groups is 1. The Balaban J connectivity index is 1.34. The summed E-state index contributed by atoms with van der Waals surface area (Å²) in [5.74, 6) is -0.00284. The van der Waals surface area contributed by atoms with Crippen LogP contribution in [0.1, 0.15) is 16.8 Å². The third kappa shape index (κ3) is 4.12. The number of nitrogens with zero attached hydrogens (tertiary/aromatic N) is 3. The molecule has 1 amide bonds. The summed E-state index contributed by atoms with van der Waals surface area (Å²) < 4.78 is 7.36. The molecule has 3 heterocycles. The van der Waals surface area contributed by atoms with Crippen LogP contribution in [0.5, 0.6) is 0 Å². The molecule has 1 N–H and O–H groups in total. The first-order valence-corrected chi connectivity index (χ1v) is 9.70. The number of morpholine rings is 1. The van der Waals surface area contributed by atoms with Crippen molar-refractivity contribution in [1.82, 2.24) is 19.6 Å². The van der Waals surface area contributed by atoms with E-state index in [-0.39, 0.29) is 5.91 Å². The van der Waals surface area contributed by atoms with Gasteiger partial charge in [0.1, 0.15) is 0 Å². The average molecular weight is 370 g/mol. The highest BCUT2D eigenvalue weighted by Gasteiger charge is 2.13. The van der Waals surface area contributed by atoms with Gasteiger partial charge in [-0.2, -0.15) is 0 Å². The summed E-state index contributed by atoms with van der Waals surface area (Å²) in [6.07, 6.45) is 4.17. The van der Waals surface area contributed by atoms with E-state index >= 15 is 0 Å². The molecule has 0 aliphatic carbocycles. The largest absolute Gasteiger partial charge is 0.379 e. The van der Waals surface area contributed by atoms with Crippen LogP contribution in [0.15, 0.2) is 42.0 Å². The highest BCUT2D eigenvalue weighted by molar-refractivity contribution is 7.15. The lowest BCUT2D eigenvalue weighted by Gasteiger charge is -2.27. The van der Waals surface area contributed by atoms with Crippen molar-refractivity contribution in [2.75, 3.05) is 26.3 Å². The minimum atomic E-state index is -0.00284. The van der Waals surface area contributed by atoms with Gasteiger partial charge in [0.05, 0.1) is 25.3 Å². The van der Waals surface area contributed by atoms with Crippen LogP contribution in [0.25, 0.3) is 4.96 Å². The van der Waals surface area contributed by atoms with Gasteiger partial charge < -0.3 is 10.1 Å². The first-order chi connectivity index (χ1) is 12.8. The van der Waals surface area contributed by atoms with Crippen LogP contribution < -0.4 is 5.32 Å². The Morgan fingerprint density at radius 3 is 2.85 bits per heavy atom. The Morgan fingerprint density at radius 1 is 1.23 bits per heavy atom. The molecule has 7 heteroatoms. The number of carbonyl (C=O) groups excluding carboxylic acids is 1. The van der Waals surface area contributed by atoms with Crippen molar-refractivity contribution >= 4 is 22.2 Å². The van der Waals surface area contributed by atoms with Crippen molar-refractivity contribution in [2.24, 2.45) is 0 Å². The van der Waals surface area contributed by atoms with Gasteiger partial charge in [-0.25, -0.2) is 4.98 Å². The van der Waals surface area contributed by atoms with Crippen molar-refractivity contribution in [2.45, 2.75) is 19.5 Å². The highest BCUT2D eigenvalue weighted by atomic mass is 32.1. The number of nitrogens with one attached hydrogen (secondary N) is 1. The fourth-order valence-electron chi connectivity index (χ4n) is 3.17. The number of aromatic nitrogens is 2. The summed E-state index contributed by atoms with van der Waals surface area (Å²) >= 11 is 1.57. The molecule has 26 heavy (non-hydrogen) atoms. The molecule has 1 fully saturated rings. The molecule has 0 radical (unpaired) electrons. The van der Waals surface area contributed by atoms with Gasteiger partial charge in [0.2, 0.25) is 5.91 Å². The van der Waals surface area contributed by atoms with E-state index in [4.69, 9.17) is 4.74 Å². The lowest BCUT2D eigenvalue weighted by atomic mass is 10.1. The quantitative estimate of drug-likeness (QED) is 0.722. The number of thiazole rings is 1. The number of amides is 1. The van der Waals surface area contributed by atoms with Crippen LogP contribution >= 0.6 is 11.3 Å². The van der Waals surface area contributed by atoms with Crippen molar-refractivity contribution in [1.29, 1.82) is 0 Å². The Bertz CT molecular complexity index is 854. The Kier molecular flexibility index (Phi) is 5.29. The number of benzene rings is 1. The molecule has 1 aromatic carbocycles. The summed E-state index contributed by atoms with van der Waals surface area (Å²) in [7, 11) is 0. The highest BCUT2D eigenvalue weighted by Crippen LogP contribution is 2.14. The van der Waals surface area contributed by atoms with E-state index in [1.807, 2.05) is 28.2 Å². The molecule has 6 nitrogen and oxygen atoms in total. The molecule has 1 aliphatic rings. The first kappa shape index (κ1) is 17.2. The summed E-state index contributed by atoms with van der Waals surface area (Å²) in [5, 5.41) is 5.02. The number of ether oxygens (including phenoxy) is 1. The Morgan fingerprint density at radius 2 is 2.04 bits per heavy atom. The van der Waals surface area contributed by atoms with Gasteiger partial charge in [0, 0.05) is 44.0 Å². The van der Waals surface area contributed by atoms with Gasteiger partial charge in [-0.3, -0.25) is 14.1 Å². The normalized spacial score (nSPS) is 15.4. The lowest BCUT2D eigenvalue weighted by molar-refractivity contribution is -0.120. The fourth-order valence-corrected chi connectivity index (χ4v) is 3.89. The van der Waals surface area contributed by atoms with E-state index in [9.17, 15) is 4.79 Å². The number of hydrogen-bond acceptors (Lipinski definition) is 5. The van der Waals surface area contributed by atoms with Crippen LogP contribution in [0.3, 0.4) is 0 Å². The molecule has 4 rings (SSSR count). The zero-order valence-electron chi connectivity index (χ0n) is 14.6. The molecular weight excluding hydrogens is 348 g/mol. The third-order valence-electron chi connectivity index (χ3n) is 4.58. The molecule has 0 spiro atoms. The van der Waals surface area contributed by atoms with Crippen LogP contribution in [0.4, 0.5) is 0 Å². The van der Waals surface area contributed by atoms with Gasteiger partial charge in [0.15, 0.2) is 4.96 Å². The SMILES string of the molecule is O=C(Cc1cn2ccsc2n1)NCc1ccccc1CN1CCOCC1. The molecule has 3 aromatic rings. The number of fused-ring (bicyclic) bond motifs is 1. The summed E-state index contributed by atoms with van der Waals surface area (Å²) in [4.78, 5) is 20.1. The van der Waals surface area contributed by atoms with Crippen LogP contribution in [-0.2, 0) is 29.0 Å². The van der Waals surface area contributed by atoms with E-state index in [2.05, 4.69) is 33.4 Å². The van der Waals surface area contributed by atoms with Crippen molar-refractivity contribution < 1.29 is 9.53 Å². The number of rotatable bonds is 6. The summed E-state index contributed by atoms with van der Waals surface area (Å²) in [6, 6.07) is 8.30. The van der Waals surface area contributed by atoms with Crippen molar-refractivity contribution in [3.8, 4) is 0 Å². The number of hydrogen-bond donors (Lipinski definition) is 1. The topological polar surface area (TPSA) is 58.9 Å². The standard InChI is InChI=1S/C19H22N4O2S/c24-18(11-17-14-23-7-10-26-19(23)21-17)20-12-15-3-1-2-4-16(15)13-22-5-8-25-9-6-22/h1-4,7,10,14H,5-6,8-9,11-13H2,(H,20,24). The molecule has 0 atom stereocenters. The fraction of sp³-hybridized carbons (Fsp3) is 0.368. The third-order valence-corrected chi connectivity index (χ3v) is 5.35. The van der Waals surface area contributed by atoms with Gasteiger partial charge >= 0.3 is 0 Å². The molecular formula is C19H22N4O2S. The molecule has 2 aromatic heterocycles. The number of imidazole rings is 1. The van der Waals surface area contributed by atoms with Gasteiger partial charge in [0.25, 0.3) is 0 Å². The Hall–Kier alpha value is -2.22. The minimum absolute atomic E-state index is 0.00284. The molecule has 1 saturated heterocycles. The monoisotopic (exact) mass is 370 g/mol. The first-order valence-electron chi connectivity index (χ1n) is 8.82. The van der Waals surface area contributed by atoms with E-state index in [1.165, 1.54) is 5.56 Å². The van der Waals surface area contributed by atoms with Crippen LogP contribution in [-0.4, -0.2) is 46.5 Å². The van der Waals surface area contributed by atoms with Crippen LogP contribution in [0.2, 0.25) is 0 Å². The van der Waals surface area contributed by atoms with Gasteiger partial charge in [-0.05, 0) is 11.1 Å². The maximum atomic E-state index is 12.3. The predicted molar refractivity (Wildman–Crippen MR) is 101 cm³/mol. The molecule has 136 valence electrons. The van der Waals surface area contributed by atoms with Gasteiger partial charge in [-0.15, -0.1) is 11.3 Å².